The first kappa shape index (κ1) is 12.7. The van der Waals surface area contributed by atoms with E-state index in [1.54, 1.807) is 12.0 Å². The van der Waals surface area contributed by atoms with E-state index in [-0.39, 0.29) is 12.7 Å². The second kappa shape index (κ2) is 6.26. The summed E-state index contributed by atoms with van der Waals surface area (Å²) in [4.78, 5) is 13.6. The number of carbonyl (C=O) groups excluding carboxylic acids is 1. The Bertz CT molecular complexity index is 408. The lowest BCUT2D eigenvalue weighted by Gasteiger charge is -2.20. The van der Waals surface area contributed by atoms with Crippen LogP contribution in [0.5, 0.6) is 5.75 Å². The van der Waals surface area contributed by atoms with Crippen molar-refractivity contribution in [3.63, 3.8) is 0 Å². The minimum absolute atomic E-state index is 0.259. The van der Waals surface area contributed by atoms with E-state index in [2.05, 4.69) is 0 Å². The highest BCUT2D eigenvalue weighted by Gasteiger charge is 2.22. The molecule has 0 aliphatic carbocycles. The van der Waals surface area contributed by atoms with E-state index in [0.29, 0.717) is 19.8 Å². The Hall–Kier alpha value is -1.75. The Kier molecular flexibility index (Phi) is 4.41. The molecule has 1 heterocycles. The number of para-hydroxylation sites is 2. The summed E-state index contributed by atoms with van der Waals surface area (Å²) in [5.74, 6) is 0.721. The lowest BCUT2D eigenvalue weighted by molar-refractivity contribution is 0.103. The van der Waals surface area contributed by atoms with Crippen LogP contribution >= 0.6 is 0 Å². The third-order valence-electron chi connectivity index (χ3n) is 2.67. The van der Waals surface area contributed by atoms with Crippen molar-refractivity contribution in [1.29, 1.82) is 0 Å². The van der Waals surface area contributed by atoms with Gasteiger partial charge in [0.05, 0.1) is 18.9 Å². The van der Waals surface area contributed by atoms with Crippen LogP contribution in [0.15, 0.2) is 24.3 Å². The average Bonchev–Trinajstić information content (AvgIpc) is 2.61. The van der Waals surface area contributed by atoms with Gasteiger partial charge in [0.15, 0.2) is 0 Å². The van der Waals surface area contributed by atoms with E-state index >= 15 is 0 Å². The molecule has 1 aromatic rings. The van der Waals surface area contributed by atoms with Gasteiger partial charge in [0.1, 0.15) is 12.4 Å². The number of anilines is 1. The first-order chi connectivity index (χ1) is 8.83. The number of benzene rings is 1. The molecule has 0 bridgehead atoms. The van der Waals surface area contributed by atoms with Gasteiger partial charge in [-0.3, -0.25) is 4.90 Å². The van der Waals surface area contributed by atoms with Crippen molar-refractivity contribution in [1.82, 2.24) is 0 Å². The van der Waals surface area contributed by atoms with Crippen molar-refractivity contribution in [3.8, 4) is 5.75 Å². The van der Waals surface area contributed by atoms with Crippen molar-refractivity contribution in [2.75, 3.05) is 38.4 Å². The molecule has 5 nitrogen and oxygen atoms in total. The van der Waals surface area contributed by atoms with Gasteiger partial charge >= 0.3 is 6.09 Å². The van der Waals surface area contributed by atoms with Crippen LogP contribution < -0.4 is 9.64 Å². The van der Waals surface area contributed by atoms with Gasteiger partial charge in [-0.05, 0) is 18.6 Å². The van der Waals surface area contributed by atoms with Crippen molar-refractivity contribution in [2.45, 2.75) is 6.42 Å². The summed E-state index contributed by atoms with van der Waals surface area (Å²) in [5, 5.41) is 0. The molecule has 5 heteroatoms. The normalized spacial score (nSPS) is 14.4. The zero-order chi connectivity index (χ0) is 12.8. The summed E-state index contributed by atoms with van der Waals surface area (Å²) in [5.41, 5.74) is 0.761. The number of hydrogen-bond donors (Lipinski definition) is 0. The van der Waals surface area contributed by atoms with Gasteiger partial charge in [-0.2, -0.15) is 0 Å². The topological polar surface area (TPSA) is 48.0 Å². The van der Waals surface area contributed by atoms with Crippen LogP contribution in [-0.2, 0) is 9.47 Å². The molecule has 0 saturated carbocycles. The van der Waals surface area contributed by atoms with Crippen LogP contribution in [0.3, 0.4) is 0 Å². The molecular formula is C13H17NO4. The molecule has 98 valence electrons. The minimum Gasteiger partial charge on any atom is -0.491 e. The highest BCUT2D eigenvalue weighted by molar-refractivity contribution is 5.89. The summed E-state index contributed by atoms with van der Waals surface area (Å²) in [6, 6.07) is 7.48. The summed E-state index contributed by atoms with van der Waals surface area (Å²) in [6.45, 7) is 1.87. The molecule has 0 saturated heterocycles. The molecule has 0 aromatic heterocycles. The largest absolute Gasteiger partial charge is 0.491 e. The van der Waals surface area contributed by atoms with Gasteiger partial charge in [0.25, 0.3) is 0 Å². The number of amides is 1. The lowest BCUT2D eigenvalue weighted by atomic mass is 10.2. The van der Waals surface area contributed by atoms with Crippen molar-refractivity contribution < 1.29 is 19.0 Å². The van der Waals surface area contributed by atoms with E-state index in [9.17, 15) is 4.79 Å². The fourth-order valence-electron chi connectivity index (χ4n) is 1.81. The SMILES string of the molecule is COCCOC(=O)N1CCCOc2ccccc21. The number of rotatable bonds is 3. The first-order valence-electron chi connectivity index (χ1n) is 5.98. The molecule has 1 aliphatic rings. The van der Waals surface area contributed by atoms with Crippen LogP contribution in [0.2, 0.25) is 0 Å². The van der Waals surface area contributed by atoms with Crippen LogP contribution in [0, 0.1) is 0 Å². The third kappa shape index (κ3) is 2.92. The maximum Gasteiger partial charge on any atom is 0.414 e. The second-order valence-electron chi connectivity index (χ2n) is 3.93. The van der Waals surface area contributed by atoms with E-state index < -0.39 is 0 Å². The number of nitrogens with zero attached hydrogens (tertiary/aromatic N) is 1. The second-order valence-corrected chi connectivity index (χ2v) is 3.93. The number of fused-ring (bicyclic) bond motifs is 1. The van der Waals surface area contributed by atoms with Crippen LogP contribution in [0.1, 0.15) is 6.42 Å². The lowest BCUT2D eigenvalue weighted by Crippen LogP contribution is -2.32. The van der Waals surface area contributed by atoms with Gasteiger partial charge in [0.2, 0.25) is 0 Å². The Morgan fingerprint density at radius 1 is 1.39 bits per heavy atom. The van der Waals surface area contributed by atoms with E-state index in [0.717, 1.165) is 17.9 Å². The number of hydrogen-bond acceptors (Lipinski definition) is 4. The average molecular weight is 251 g/mol. The van der Waals surface area contributed by atoms with E-state index in [1.807, 2.05) is 24.3 Å². The molecule has 0 N–H and O–H groups in total. The minimum atomic E-state index is -0.356. The Balaban J connectivity index is 2.09. The zero-order valence-electron chi connectivity index (χ0n) is 10.4. The van der Waals surface area contributed by atoms with Gasteiger partial charge < -0.3 is 14.2 Å². The quantitative estimate of drug-likeness (QED) is 0.771. The monoisotopic (exact) mass is 251 g/mol. The molecule has 1 amide bonds. The summed E-state index contributed by atoms with van der Waals surface area (Å²) >= 11 is 0. The van der Waals surface area contributed by atoms with Gasteiger partial charge in [-0.25, -0.2) is 4.79 Å². The number of ether oxygens (including phenoxy) is 3. The van der Waals surface area contributed by atoms with Gasteiger partial charge in [0, 0.05) is 13.7 Å². The standard InChI is InChI=1S/C13H17NO4/c1-16-9-10-18-13(15)14-7-4-8-17-12-6-3-2-5-11(12)14/h2-3,5-6H,4,7-10H2,1H3. The van der Waals surface area contributed by atoms with Gasteiger partial charge in [-0.15, -0.1) is 0 Å². The van der Waals surface area contributed by atoms with Crippen LogP contribution in [0.25, 0.3) is 0 Å². The highest BCUT2D eigenvalue weighted by Crippen LogP contribution is 2.30. The molecular weight excluding hydrogens is 234 g/mol. The molecule has 1 aliphatic heterocycles. The molecule has 18 heavy (non-hydrogen) atoms. The number of methoxy groups -OCH3 is 1. The van der Waals surface area contributed by atoms with Crippen LogP contribution in [0.4, 0.5) is 10.5 Å². The molecule has 0 radical (unpaired) electrons. The van der Waals surface area contributed by atoms with Crippen molar-refractivity contribution >= 4 is 11.8 Å². The fourth-order valence-corrected chi connectivity index (χ4v) is 1.81. The molecule has 0 unspecified atom stereocenters. The maximum atomic E-state index is 12.0. The maximum absolute atomic E-state index is 12.0. The summed E-state index contributed by atoms with van der Waals surface area (Å²) in [7, 11) is 1.57. The molecule has 2 rings (SSSR count). The first-order valence-corrected chi connectivity index (χ1v) is 5.98. The van der Waals surface area contributed by atoms with Gasteiger partial charge in [-0.1, -0.05) is 12.1 Å². The third-order valence-corrected chi connectivity index (χ3v) is 2.67. The Morgan fingerprint density at radius 2 is 2.22 bits per heavy atom. The number of carbonyl (C=O) groups is 1. The molecule has 0 spiro atoms. The molecule has 0 atom stereocenters. The Morgan fingerprint density at radius 3 is 3.06 bits per heavy atom. The summed E-state index contributed by atoms with van der Waals surface area (Å²) < 4.78 is 15.6. The van der Waals surface area contributed by atoms with E-state index in [4.69, 9.17) is 14.2 Å². The fraction of sp³-hybridized carbons (Fsp3) is 0.462. The molecule has 0 fully saturated rings. The van der Waals surface area contributed by atoms with E-state index in [1.165, 1.54) is 0 Å². The Labute approximate surface area is 106 Å². The predicted octanol–water partition coefficient (Wildman–Crippen LogP) is 2.06. The smallest absolute Gasteiger partial charge is 0.414 e. The van der Waals surface area contributed by atoms with Crippen LogP contribution in [-0.4, -0.2) is 39.6 Å². The zero-order valence-corrected chi connectivity index (χ0v) is 10.4. The van der Waals surface area contributed by atoms with Crippen molar-refractivity contribution in [3.05, 3.63) is 24.3 Å². The highest BCUT2D eigenvalue weighted by atomic mass is 16.6. The molecule has 1 aromatic carbocycles. The predicted molar refractivity (Wildman–Crippen MR) is 67.1 cm³/mol. The summed E-state index contributed by atoms with van der Waals surface area (Å²) in [6.07, 6.45) is 0.429. The van der Waals surface area contributed by atoms with Crippen molar-refractivity contribution in [2.24, 2.45) is 0 Å².